The molecule has 3 nitrogen and oxygen atoms in total. The third-order valence-electron chi connectivity index (χ3n) is 2.55. The largest absolute Gasteiger partial charge is 0.405 e. The van der Waals surface area contributed by atoms with Crippen LogP contribution in [0.25, 0.3) is 0 Å². The van der Waals surface area contributed by atoms with Gasteiger partial charge in [-0.2, -0.15) is 13.2 Å². The Morgan fingerprint density at radius 1 is 1.47 bits per heavy atom. The molecule has 1 aromatic heterocycles. The summed E-state index contributed by atoms with van der Waals surface area (Å²) in [6.07, 6.45) is -0.932. The van der Waals surface area contributed by atoms with E-state index in [-0.39, 0.29) is 17.4 Å². The molecule has 1 aromatic rings. The van der Waals surface area contributed by atoms with Crippen LogP contribution in [0, 0.1) is 0 Å². The first-order valence-electron chi connectivity index (χ1n) is 5.25. The smallest absolute Gasteiger partial charge is 0.344 e. The Kier molecular flexibility index (Phi) is 3.04. The Hall–Kier alpha value is -1.59. The molecule has 92 valence electrons. The van der Waals surface area contributed by atoms with Gasteiger partial charge in [0.15, 0.2) is 6.29 Å². The average molecular weight is 244 g/mol. The summed E-state index contributed by atoms with van der Waals surface area (Å²) >= 11 is 0. The van der Waals surface area contributed by atoms with Crippen LogP contribution in [-0.4, -0.2) is 30.0 Å². The second-order valence-electron chi connectivity index (χ2n) is 4.01. The highest BCUT2D eigenvalue weighted by molar-refractivity contribution is 5.82. The number of hydrogen-bond donors (Lipinski definition) is 0. The average Bonchev–Trinajstić information content (AvgIpc) is 3.08. The number of hydrogen-bond acceptors (Lipinski definition) is 3. The van der Waals surface area contributed by atoms with E-state index in [2.05, 4.69) is 4.98 Å². The van der Waals surface area contributed by atoms with Crippen molar-refractivity contribution in [1.82, 2.24) is 4.98 Å². The predicted octanol–water partition coefficient (Wildman–Crippen LogP) is 2.43. The first-order chi connectivity index (χ1) is 8.01. The molecule has 0 atom stereocenters. The maximum absolute atomic E-state index is 12.5. The highest BCUT2D eigenvalue weighted by Gasteiger charge is 2.39. The van der Waals surface area contributed by atoms with E-state index in [1.54, 1.807) is 0 Å². The standard InChI is InChI=1S/C11H11F3N2O/c12-11(13,14)7-16(9-3-4-9)10-8(6-17)2-1-5-15-10/h1-2,5-6,9H,3-4,7H2. The van der Waals surface area contributed by atoms with Crippen molar-refractivity contribution in [2.75, 3.05) is 11.4 Å². The summed E-state index contributed by atoms with van der Waals surface area (Å²) in [5.74, 6) is 0.127. The Morgan fingerprint density at radius 2 is 2.18 bits per heavy atom. The molecule has 0 N–H and O–H groups in total. The van der Waals surface area contributed by atoms with E-state index in [9.17, 15) is 18.0 Å². The van der Waals surface area contributed by atoms with E-state index >= 15 is 0 Å². The van der Waals surface area contributed by atoms with Gasteiger partial charge in [0.25, 0.3) is 0 Å². The van der Waals surface area contributed by atoms with Crippen LogP contribution in [0.4, 0.5) is 19.0 Å². The number of halogens is 3. The van der Waals surface area contributed by atoms with Gasteiger partial charge in [-0.1, -0.05) is 0 Å². The number of alkyl halides is 3. The number of carbonyl (C=O) groups excluding carboxylic acids is 1. The number of rotatable bonds is 4. The monoisotopic (exact) mass is 244 g/mol. The van der Waals surface area contributed by atoms with Crippen LogP contribution >= 0.6 is 0 Å². The third-order valence-corrected chi connectivity index (χ3v) is 2.55. The molecule has 0 radical (unpaired) electrons. The number of carbonyl (C=O) groups is 1. The summed E-state index contributed by atoms with van der Waals surface area (Å²) in [4.78, 5) is 15.9. The lowest BCUT2D eigenvalue weighted by Gasteiger charge is -2.25. The van der Waals surface area contributed by atoms with Crippen LogP contribution in [0.5, 0.6) is 0 Å². The maximum atomic E-state index is 12.5. The molecule has 17 heavy (non-hydrogen) atoms. The van der Waals surface area contributed by atoms with Gasteiger partial charge in [0.05, 0.1) is 5.56 Å². The zero-order valence-corrected chi connectivity index (χ0v) is 8.94. The summed E-state index contributed by atoms with van der Waals surface area (Å²) in [6, 6.07) is 2.86. The van der Waals surface area contributed by atoms with Gasteiger partial charge >= 0.3 is 6.18 Å². The molecule has 1 heterocycles. The lowest BCUT2D eigenvalue weighted by atomic mass is 10.2. The van der Waals surface area contributed by atoms with Crippen molar-refractivity contribution in [2.45, 2.75) is 25.1 Å². The first kappa shape index (κ1) is 11.9. The van der Waals surface area contributed by atoms with Gasteiger partial charge in [-0.25, -0.2) is 4.98 Å². The first-order valence-corrected chi connectivity index (χ1v) is 5.25. The number of nitrogens with zero attached hydrogens (tertiary/aromatic N) is 2. The SMILES string of the molecule is O=Cc1cccnc1N(CC(F)(F)F)C1CC1. The van der Waals surface area contributed by atoms with Gasteiger partial charge in [0.1, 0.15) is 12.4 Å². The number of aldehydes is 1. The molecule has 2 rings (SSSR count). The molecular weight excluding hydrogens is 233 g/mol. The summed E-state index contributed by atoms with van der Waals surface area (Å²) in [5, 5.41) is 0. The molecule has 0 unspecified atom stereocenters. The van der Waals surface area contributed by atoms with Crippen LogP contribution in [0.1, 0.15) is 23.2 Å². The Bertz CT molecular complexity index is 415. The number of aromatic nitrogens is 1. The minimum Gasteiger partial charge on any atom is -0.344 e. The van der Waals surface area contributed by atoms with Crippen LogP contribution < -0.4 is 4.90 Å². The molecule has 1 aliphatic carbocycles. The number of anilines is 1. The molecule has 0 aromatic carbocycles. The lowest BCUT2D eigenvalue weighted by molar-refractivity contribution is -0.120. The van der Waals surface area contributed by atoms with Crippen molar-refractivity contribution in [3.05, 3.63) is 23.9 Å². The Morgan fingerprint density at radius 3 is 2.71 bits per heavy atom. The molecule has 1 saturated carbocycles. The number of pyridine rings is 1. The van der Waals surface area contributed by atoms with E-state index in [1.807, 2.05) is 0 Å². The van der Waals surface area contributed by atoms with E-state index in [1.165, 1.54) is 23.2 Å². The molecule has 0 spiro atoms. The van der Waals surface area contributed by atoms with Gasteiger partial charge in [-0.05, 0) is 25.0 Å². The topological polar surface area (TPSA) is 33.2 Å². The van der Waals surface area contributed by atoms with E-state index < -0.39 is 12.7 Å². The lowest BCUT2D eigenvalue weighted by Crippen LogP contribution is -2.37. The van der Waals surface area contributed by atoms with Crippen LogP contribution in [0.2, 0.25) is 0 Å². The molecular formula is C11H11F3N2O. The fraction of sp³-hybridized carbons (Fsp3) is 0.455. The van der Waals surface area contributed by atoms with Crippen molar-refractivity contribution < 1.29 is 18.0 Å². The summed E-state index contributed by atoms with van der Waals surface area (Å²) in [6.45, 7) is -1.06. The Balaban J connectivity index is 2.29. The second-order valence-corrected chi connectivity index (χ2v) is 4.01. The summed E-state index contributed by atoms with van der Waals surface area (Å²) in [7, 11) is 0. The fourth-order valence-electron chi connectivity index (χ4n) is 1.70. The molecule has 1 fully saturated rings. The van der Waals surface area contributed by atoms with Crippen molar-refractivity contribution in [2.24, 2.45) is 0 Å². The maximum Gasteiger partial charge on any atom is 0.405 e. The van der Waals surface area contributed by atoms with E-state index in [0.717, 1.165) is 0 Å². The molecule has 0 amide bonds. The highest BCUT2D eigenvalue weighted by atomic mass is 19.4. The van der Waals surface area contributed by atoms with Gasteiger partial charge in [0, 0.05) is 12.2 Å². The molecule has 0 saturated heterocycles. The minimum atomic E-state index is -4.29. The minimum absolute atomic E-state index is 0.127. The van der Waals surface area contributed by atoms with Crippen molar-refractivity contribution in [1.29, 1.82) is 0 Å². The quantitative estimate of drug-likeness (QED) is 0.762. The van der Waals surface area contributed by atoms with Crippen LogP contribution in [0.3, 0.4) is 0 Å². The van der Waals surface area contributed by atoms with E-state index in [4.69, 9.17) is 0 Å². The molecule has 0 bridgehead atoms. The van der Waals surface area contributed by atoms with Crippen molar-refractivity contribution in [3.8, 4) is 0 Å². The van der Waals surface area contributed by atoms with Gasteiger partial charge in [-0.15, -0.1) is 0 Å². The van der Waals surface area contributed by atoms with Crippen LogP contribution in [-0.2, 0) is 0 Å². The zero-order valence-electron chi connectivity index (χ0n) is 8.94. The zero-order chi connectivity index (χ0) is 12.5. The fourth-order valence-corrected chi connectivity index (χ4v) is 1.70. The Labute approximate surface area is 96.3 Å². The molecule has 1 aliphatic rings. The van der Waals surface area contributed by atoms with Crippen molar-refractivity contribution in [3.63, 3.8) is 0 Å². The predicted molar refractivity (Wildman–Crippen MR) is 56.0 cm³/mol. The molecule has 0 aliphatic heterocycles. The third kappa shape index (κ3) is 2.95. The van der Waals surface area contributed by atoms with Gasteiger partial charge in [-0.3, -0.25) is 4.79 Å². The summed E-state index contributed by atoms with van der Waals surface area (Å²) < 4.78 is 37.4. The highest BCUT2D eigenvalue weighted by Crippen LogP contribution is 2.34. The normalized spacial score (nSPS) is 15.7. The summed E-state index contributed by atoms with van der Waals surface area (Å²) in [5.41, 5.74) is 0.198. The second kappa shape index (κ2) is 4.35. The van der Waals surface area contributed by atoms with Gasteiger partial charge < -0.3 is 4.90 Å². The van der Waals surface area contributed by atoms with Crippen molar-refractivity contribution >= 4 is 12.1 Å². The van der Waals surface area contributed by atoms with Gasteiger partial charge in [0.2, 0.25) is 0 Å². The molecule has 6 heteroatoms. The van der Waals surface area contributed by atoms with Crippen LogP contribution in [0.15, 0.2) is 18.3 Å². The van der Waals surface area contributed by atoms with E-state index in [0.29, 0.717) is 19.1 Å².